The van der Waals surface area contributed by atoms with Crippen LogP contribution >= 0.6 is 12.6 Å². The van der Waals surface area contributed by atoms with E-state index in [0.717, 1.165) is 50.5 Å². The van der Waals surface area contributed by atoms with Crippen LogP contribution in [0.4, 0.5) is 10.5 Å². The Balaban J connectivity index is 0.806. The summed E-state index contributed by atoms with van der Waals surface area (Å²) in [5, 5.41) is 44.9. The Morgan fingerprint density at radius 1 is 0.964 bits per heavy atom. The molecule has 2 aliphatic heterocycles. The van der Waals surface area contributed by atoms with Gasteiger partial charge in [-0.05, 0) is 135 Å². The summed E-state index contributed by atoms with van der Waals surface area (Å²) in [6, 6.07) is 8.58. The molecule has 0 bridgehead atoms. The van der Waals surface area contributed by atoms with Crippen LogP contribution in [0.25, 0.3) is 0 Å². The highest BCUT2D eigenvalue weighted by Gasteiger charge is 2.66. The first-order chi connectivity index (χ1) is 39.7. The Kier molecular flexibility index (Phi) is 19.9. The minimum absolute atomic E-state index is 0.0368. The molecule has 458 valence electrons. The van der Waals surface area contributed by atoms with Gasteiger partial charge in [0.25, 0.3) is 0 Å². The van der Waals surface area contributed by atoms with E-state index in [0.29, 0.717) is 56.4 Å². The number of ether oxygens (including phenoxy) is 4. The molecule has 3 fully saturated rings. The molecule has 1 aromatic carbocycles. The monoisotopic (exact) mass is 1180 g/mol. The normalized spacial score (nSPS) is 28.5. The number of nitro groups is 1. The van der Waals surface area contributed by atoms with Crippen molar-refractivity contribution < 1.29 is 62.5 Å². The zero-order valence-corrected chi connectivity index (χ0v) is 50.3. The molecule has 21 nitrogen and oxygen atoms in total. The summed E-state index contributed by atoms with van der Waals surface area (Å²) in [6.45, 7) is 15.4. The van der Waals surface area contributed by atoms with Gasteiger partial charge in [0.15, 0.2) is 0 Å². The summed E-state index contributed by atoms with van der Waals surface area (Å²) in [5.41, 5.74) is 0.944. The predicted molar refractivity (Wildman–Crippen MR) is 312 cm³/mol. The fourth-order valence-corrected chi connectivity index (χ4v) is 14.5. The molecule has 3 heterocycles. The molecule has 6 aliphatic rings. The highest BCUT2D eigenvalue weighted by atomic mass is 32.1. The summed E-state index contributed by atoms with van der Waals surface area (Å²) in [5.74, 6) is -0.901. The SMILES string of the molecule is CC1C=CC(=O)N1CCC(=O)NCC(C)(C)COCC(C)(C)CC(=O)NCCCC[C@H](NC(=O)OCc1c#cc([N+](=O)[O-])cc1)C(=O)N[C@H]1COC(O[C@@H]2C=C3CCC4C(CC[C@]5(C)[C@@H](c6ccc(=O)oc6)CC[C@]45S)[C@@]3(C)CC2)=C(O)C1O. The first kappa shape index (κ1) is 63.5. The highest BCUT2D eigenvalue weighted by molar-refractivity contribution is 7.81. The minimum atomic E-state index is -1.61. The lowest BCUT2D eigenvalue weighted by Gasteiger charge is -2.62. The smallest absolute Gasteiger partial charge is 0.408 e. The van der Waals surface area contributed by atoms with Gasteiger partial charge in [0, 0.05) is 78.5 Å². The van der Waals surface area contributed by atoms with E-state index in [1.165, 1.54) is 29.8 Å². The zero-order chi connectivity index (χ0) is 60.8. The summed E-state index contributed by atoms with van der Waals surface area (Å²) >= 11 is 5.61. The van der Waals surface area contributed by atoms with Gasteiger partial charge in [0.2, 0.25) is 29.4 Å². The molecule has 1 aromatic heterocycles. The maximum absolute atomic E-state index is 14.0. The van der Waals surface area contributed by atoms with E-state index >= 15 is 0 Å². The predicted octanol–water partition coefficient (Wildman–Crippen LogP) is 7.57. The molecule has 0 spiro atoms. The van der Waals surface area contributed by atoms with E-state index in [4.69, 9.17) is 36.0 Å². The fourth-order valence-electron chi connectivity index (χ4n) is 13.8. The third-order valence-corrected chi connectivity index (χ3v) is 19.8. The standard InChI is InChI=1S/C62H84N6O15S/c1-38-11-19-51(71)67(38)29-24-49(69)64-35-59(4,5)37-79-36-58(2,3)31-50(70)63-28-9-8-10-47(66-57(76)82-32-39-12-16-42(17-13-39)68(77)78)55(75)65-48-34-81-56(54(74)53(48)73)83-43-21-25-60(6)41(30-43)15-18-46-45(60)22-26-61(7)44(23-27-62(46,61)84)40-14-20-52(72)80-33-40/h11-12,14,16,19-20,30,33,38,43-48,53,73-74,84H,8-10,15,18,21-29,31-32,34-37H2,1-7H3,(H,63,70)(H,64,69)(H,65,75)(H,66,76)/t38?,43-,44+,45?,46?,47-,48-,53?,60-,61+,62-/m0/s1. The largest absolute Gasteiger partial charge is 0.504 e. The number of rotatable bonds is 25. The van der Waals surface area contributed by atoms with Crippen molar-refractivity contribution >= 4 is 48.0 Å². The van der Waals surface area contributed by atoms with Crippen molar-refractivity contribution in [2.45, 2.75) is 180 Å². The van der Waals surface area contributed by atoms with Crippen molar-refractivity contribution in [1.82, 2.24) is 26.2 Å². The van der Waals surface area contributed by atoms with Gasteiger partial charge in [-0.15, -0.1) is 0 Å². The van der Waals surface area contributed by atoms with Gasteiger partial charge in [-0.3, -0.25) is 29.3 Å². The number of nitrogens with zero attached hydrogens (tertiary/aromatic N) is 2. The van der Waals surface area contributed by atoms with Crippen LogP contribution in [0, 0.1) is 55.7 Å². The topological polar surface area (TPSA) is 287 Å². The molecule has 5 amide bonds. The van der Waals surface area contributed by atoms with Crippen LogP contribution in [-0.4, -0.2) is 124 Å². The summed E-state index contributed by atoms with van der Waals surface area (Å²) < 4.78 is 28.7. The number of alkyl carbamates (subject to hydrolysis) is 1. The number of hydrogen-bond donors (Lipinski definition) is 7. The van der Waals surface area contributed by atoms with Gasteiger partial charge in [-0.25, -0.2) is 9.59 Å². The lowest BCUT2D eigenvalue weighted by molar-refractivity contribution is -0.384. The first-order valence-electron chi connectivity index (χ1n) is 29.5. The number of amides is 5. The van der Waals surface area contributed by atoms with E-state index in [1.807, 2.05) is 46.8 Å². The van der Waals surface area contributed by atoms with Crippen LogP contribution in [0.3, 0.4) is 0 Å². The molecule has 4 unspecified atom stereocenters. The number of aliphatic hydroxyl groups is 2. The molecule has 0 radical (unpaired) electrons. The van der Waals surface area contributed by atoms with Crippen molar-refractivity contribution in [2.24, 2.45) is 33.5 Å². The van der Waals surface area contributed by atoms with Crippen molar-refractivity contribution in [3.8, 4) is 0 Å². The number of fused-ring (bicyclic) bond motifs is 5. The molecule has 3 saturated carbocycles. The second kappa shape index (κ2) is 26.4. The van der Waals surface area contributed by atoms with Gasteiger partial charge in [0.1, 0.15) is 31.5 Å². The van der Waals surface area contributed by atoms with E-state index in [9.17, 15) is 49.1 Å². The summed E-state index contributed by atoms with van der Waals surface area (Å²) in [4.78, 5) is 88.7. The molecule has 4 aliphatic carbocycles. The number of allylic oxidation sites excluding steroid dienone is 1. The van der Waals surface area contributed by atoms with Crippen LogP contribution in [0.15, 0.2) is 75.2 Å². The Morgan fingerprint density at radius 2 is 1.74 bits per heavy atom. The third kappa shape index (κ3) is 14.7. The number of aliphatic hydroxyl groups excluding tert-OH is 2. The summed E-state index contributed by atoms with van der Waals surface area (Å²) in [7, 11) is 0. The second-order valence-corrected chi connectivity index (χ2v) is 26.8. The molecule has 84 heavy (non-hydrogen) atoms. The highest BCUT2D eigenvalue weighted by Crippen LogP contribution is 2.72. The molecule has 6 N–H and O–H groups in total. The Morgan fingerprint density at radius 3 is 2.44 bits per heavy atom. The van der Waals surface area contributed by atoms with Crippen LogP contribution < -0.4 is 26.9 Å². The van der Waals surface area contributed by atoms with Crippen LogP contribution in [0.5, 0.6) is 0 Å². The average Bonchev–Trinajstić information content (AvgIpc) is 1.72. The van der Waals surface area contributed by atoms with E-state index < -0.39 is 57.8 Å². The molecule has 11 atom stereocenters. The lowest BCUT2D eigenvalue weighted by atomic mass is 9.46. The Hall–Kier alpha value is -6.57. The molecule has 0 saturated heterocycles. The number of nitrogens with one attached hydrogen (secondary N) is 4. The molecular formula is C62H84N6O15S. The number of unbranched alkanes of at least 4 members (excludes halogenated alkanes) is 1. The van der Waals surface area contributed by atoms with Gasteiger partial charge >= 0.3 is 23.4 Å². The van der Waals surface area contributed by atoms with E-state index in [2.05, 4.69) is 53.3 Å². The Labute approximate surface area is 497 Å². The average molecular weight is 1190 g/mol. The number of hydrogen-bond acceptors (Lipinski definition) is 16. The van der Waals surface area contributed by atoms with Gasteiger partial charge in [0.05, 0.1) is 30.4 Å². The minimum Gasteiger partial charge on any atom is -0.504 e. The molecule has 8 rings (SSSR count). The van der Waals surface area contributed by atoms with Gasteiger partial charge in [-0.1, -0.05) is 59.3 Å². The number of carbonyl (C=O) groups excluding carboxylic acids is 5. The van der Waals surface area contributed by atoms with E-state index in [-0.39, 0.29) is 108 Å². The molecular weight excluding hydrogens is 1100 g/mol. The quantitative estimate of drug-likeness (QED) is 0.0166. The first-order valence-corrected chi connectivity index (χ1v) is 30.0. The van der Waals surface area contributed by atoms with Gasteiger partial charge < -0.3 is 59.7 Å². The van der Waals surface area contributed by atoms with Gasteiger partial charge in [-0.2, -0.15) is 12.6 Å². The van der Waals surface area contributed by atoms with Crippen molar-refractivity contribution in [2.75, 3.05) is 39.5 Å². The zero-order valence-electron chi connectivity index (χ0n) is 49.4. The van der Waals surface area contributed by atoms with Crippen LogP contribution in [-0.2, 0) is 44.7 Å². The molecule has 22 heteroatoms. The number of carbonyl (C=O) groups is 5. The van der Waals surface area contributed by atoms with Crippen LogP contribution in [0.2, 0.25) is 0 Å². The van der Waals surface area contributed by atoms with Crippen molar-refractivity contribution in [3.63, 3.8) is 0 Å². The summed E-state index contributed by atoms with van der Waals surface area (Å²) in [6.07, 6.45) is 12.7. The Bertz CT molecular complexity index is 2890. The van der Waals surface area contributed by atoms with Crippen LogP contribution in [0.1, 0.15) is 149 Å². The van der Waals surface area contributed by atoms with Crippen molar-refractivity contribution in [3.05, 3.63) is 110 Å². The number of thiol groups is 1. The lowest BCUT2D eigenvalue weighted by Crippen LogP contribution is -2.58. The third-order valence-electron chi connectivity index (χ3n) is 18.7. The molecule has 2 aromatic rings. The second-order valence-electron chi connectivity index (χ2n) is 26.0. The van der Waals surface area contributed by atoms with Crippen molar-refractivity contribution in [1.29, 1.82) is 0 Å². The maximum Gasteiger partial charge on any atom is 0.408 e. The maximum atomic E-state index is 14.0. The van der Waals surface area contributed by atoms with E-state index in [1.54, 1.807) is 11.2 Å². The fraction of sp³-hybridized carbons (Fsp3) is 0.645.